The number of aromatic nitrogens is 3. The number of fused-ring (bicyclic) bond motifs is 1. The van der Waals surface area contributed by atoms with Crippen LogP contribution in [0.15, 0.2) is 48.8 Å². The van der Waals surface area contributed by atoms with Crippen LogP contribution in [0.2, 0.25) is 10.0 Å². The maximum Gasteiger partial charge on any atom is 0.227 e. The van der Waals surface area contributed by atoms with Crippen molar-refractivity contribution in [2.75, 3.05) is 36.2 Å². The van der Waals surface area contributed by atoms with Crippen molar-refractivity contribution in [2.45, 2.75) is 19.8 Å². The monoisotopic (exact) mass is 541 g/mol. The van der Waals surface area contributed by atoms with Gasteiger partial charge in [-0.25, -0.2) is 9.97 Å². The first-order valence-electron chi connectivity index (χ1n) is 11.7. The number of halogens is 2. The van der Waals surface area contributed by atoms with Crippen LogP contribution in [0.5, 0.6) is 5.75 Å². The zero-order chi connectivity index (χ0) is 25.2. The molecule has 1 aliphatic heterocycles. The van der Waals surface area contributed by atoms with Gasteiger partial charge in [0.25, 0.3) is 0 Å². The number of hydrogen-bond acceptors (Lipinski definition) is 7. The number of carbonyl (C=O) groups is 1. The lowest BCUT2D eigenvalue weighted by molar-refractivity contribution is -0.119. The Kier molecular flexibility index (Phi) is 7.27. The van der Waals surface area contributed by atoms with E-state index in [2.05, 4.69) is 44.4 Å². The van der Waals surface area contributed by atoms with Gasteiger partial charge in [-0.3, -0.25) is 8.77 Å². The molecule has 1 fully saturated rings. The number of hydrogen-bond donors (Lipinski definition) is 1. The van der Waals surface area contributed by atoms with Crippen molar-refractivity contribution in [3.05, 3.63) is 58.8 Å². The molecule has 186 valence electrons. The molecule has 0 spiro atoms. The Bertz CT molecular complexity index is 1430. The third kappa shape index (κ3) is 4.85. The molecule has 5 rings (SSSR count). The zero-order valence-electron chi connectivity index (χ0n) is 19.9. The molecule has 2 aromatic carbocycles. The molecule has 4 aromatic rings. The van der Waals surface area contributed by atoms with Crippen LogP contribution in [0.1, 0.15) is 19.8 Å². The summed E-state index contributed by atoms with van der Waals surface area (Å²) < 4.78 is 7.79. The first-order valence-corrected chi connectivity index (χ1v) is 13.4. The van der Waals surface area contributed by atoms with E-state index in [-0.39, 0.29) is 5.78 Å². The van der Waals surface area contributed by atoms with Gasteiger partial charge in [0.15, 0.2) is 0 Å². The molecule has 10 heteroatoms. The summed E-state index contributed by atoms with van der Waals surface area (Å²) in [6, 6.07) is 11.9. The smallest absolute Gasteiger partial charge is 0.227 e. The molecule has 1 aliphatic rings. The Hall–Kier alpha value is -2.94. The van der Waals surface area contributed by atoms with Gasteiger partial charge in [0.05, 0.1) is 45.9 Å². The van der Waals surface area contributed by atoms with E-state index in [0.29, 0.717) is 59.1 Å². The van der Waals surface area contributed by atoms with Crippen LogP contribution < -0.4 is 15.0 Å². The second-order valence-corrected chi connectivity index (χ2v) is 10.4. The maximum atomic E-state index is 11.6. The van der Waals surface area contributed by atoms with Gasteiger partial charge in [0.1, 0.15) is 11.5 Å². The molecule has 0 bridgehead atoms. The summed E-state index contributed by atoms with van der Waals surface area (Å²) in [6.45, 7) is 3.40. The van der Waals surface area contributed by atoms with E-state index >= 15 is 0 Å². The number of nitrogens with one attached hydrogen (secondary N) is 1. The predicted octanol–water partition coefficient (Wildman–Crippen LogP) is 6.84. The highest BCUT2D eigenvalue weighted by molar-refractivity contribution is 7.97. The summed E-state index contributed by atoms with van der Waals surface area (Å²) in [5, 5.41) is 5.33. The Labute approximate surface area is 223 Å². The van der Waals surface area contributed by atoms with Gasteiger partial charge in [0, 0.05) is 54.9 Å². The molecule has 3 heterocycles. The van der Waals surface area contributed by atoms with Crippen LogP contribution in [0, 0.1) is 0 Å². The van der Waals surface area contributed by atoms with E-state index < -0.39 is 0 Å². The van der Waals surface area contributed by atoms with Gasteiger partial charge in [-0.1, -0.05) is 48.3 Å². The van der Waals surface area contributed by atoms with Gasteiger partial charge in [-0.2, -0.15) is 0 Å². The van der Waals surface area contributed by atoms with Crippen LogP contribution in [0.4, 0.5) is 17.3 Å². The average molecular weight is 542 g/mol. The number of piperidine rings is 1. The number of rotatable bonds is 7. The average Bonchev–Trinajstić information content (AvgIpc) is 3.24. The Balaban J connectivity index is 1.49. The molecule has 36 heavy (non-hydrogen) atoms. The fourth-order valence-corrected chi connectivity index (χ4v) is 5.60. The molecule has 1 saturated heterocycles. The van der Waals surface area contributed by atoms with Gasteiger partial charge >= 0.3 is 0 Å². The number of methoxy groups -OCH3 is 1. The van der Waals surface area contributed by atoms with E-state index in [1.54, 1.807) is 31.3 Å². The molecule has 0 atom stereocenters. The van der Waals surface area contributed by atoms with Crippen LogP contribution in [0.25, 0.3) is 22.2 Å². The van der Waals surface area contributed by atoms with Crippen molar-refractivity contribution in [1.29, 1.82) is 0 Å². The van der Waals surface area contributed by atoms with Crippen molar-refractivity contribution < 1.29 is 9.53 Å². The third-order valence-electron chi connectivity index (χ3n) is 6.12. The van der Waals surface area contributed by atoms with Gasteiger partial charge in [-0.05, 0) is 24.1 Å². The van der Waals surface area contributed by atoms with E-state index in [1.165, 1.54) is 0 Å². The SMILES string of the molecule is CCSn1cc(-c2nc(Nc3cc(Cl)c(N4CCC(=O)CC4)cc3OC)ncc2Cl)c2ccccc21. The highest BCUT2D eigenvalue weighted by Crippen LogP contribution is 2.40. The number of anilines is 3. The number of benzene rings is 2. The number of ether oxygens (including phenoxy) is 1. The quantitative estimate of drug-likeness (QED) is 0.274. The summed E-state index contributed by atoms with van der Waals surface area (Å²) in [5.41, 5.74) is 4.15. The normalized spacial score (nSPS) is 13.9. The van der Waals surface area contributed by atoms with E-state index in [4.69, 9.17) is 32.9 Å². The summed E-state index contributed by atoms with van der Waals surface area (Å²) in [5.74, 6) is 2.19. The Morgan fingerprint density at radius 1 is 1.14 bits per heavy atom. The molecule has 0 unspecified atom stereocenters. The zero-order valence-corrected chi connectivity index (χ0v) is 22.3. The number of Topliss-reactive ketones (excluding diaryl/α,β-unsaturated/α-hetero) is 1. The highest BCUT2D eigenvalue weighted by atomic mass is 35.5. The molecule has 2 aromatic heterocycles. The summed E-state index contributed by atoms with van der Waals surface area (Å²) in [7, 11) is 1.60. The van der Waals surface area contributed by atoms with Gasteiger partial charge in [0.2, 0.25) is 5.95 Å². The largest absolute Gasteiger partial charge is 0.494 e. The number of nitrogens with zero attached hydrogens (tertiary/aromatic N) is 4. The molecular weight excluding hydrogens is 517 g/mol. The predicted molar refractivity (Wildman–Crippen MR) is 149 cm³/mol. The van der Waals surface area contributed by atoms with Crippen LogP contribution >= 0.6 is 35.1 Å². The summed E-state index contributed by atoms with van der Waals surface area (Å²) in [6.07, 6.45) is 4.70. The van der Waals surface area contributed by atoms with Crippen LogP contribution in [-0.2, 0) is 4.79 Å². The van der Waals surface area contributed by atoms with E-state index in [9.17, 15) is 4.79 Å². The Morgan fingerprint density at radius 3 is 2.67 bits per heavy atom. The first kappa shape index (κ1) is 24.7. The molecule has 0 saturated carbocycles. The Morgan fingerprint density at radius 2 is 1.92 bits per heavy atom. The van der Waals surface area contributed by atoms with Crippen molar-refractivity contribution in [3.63, 3.8) is 0 Å². The summed E-state index contributed by atoms with van der Waals surface area (Å²) >= 11 is 14.9. The summed E-state index contributed by atoms with van der Waals surface area (Å²) in [4.78, 5) is 22.9. The van der Waals surface area contributed by atoms with Crippen molar-refractivity contribution in [2.24, 2.45) is 0 Å². The van der Waals surface area contributed by atoms with Crippen LogP contribution in [0.3, 0.4) is 0 Å². The van der Waals surface area contributed by atoms with E-state index in [0.717, 1.165) is 27.9 Å². The first-order chi connectivity index (χ1) is 17.5. The minimum Gasteiger partial charge on any atom is -0.494 e. The fraction of sp³-hybridized carbons (Fsp3) is 0.269. The van der Waals surface area contributed by atoms with Crippen molar-refractivity contribution >= 4 is 69.2 Å². The minimum atomic E-state index is 0.278. The molecular formula is C26H25Cl2N5O2S. The van der Waals surface area contributed by atoms with Crippen LogP contribution in [-0.4, -0.2) is 45.7 Å². The van der Waals surface area contributed by atoms with Gasteiger partial charge in [-0.15, -0.1) is 0 Å². The maximum absolute atomic E-state index is 11.6. The number of para-hydroxylation sites is 1. The van der Waals surface area contributed by atoms with Crippen molar-refractivity contribution in [3.8, 4) is 17.0 Å². The third-order valence-corrected chi connectivity index (χ3v) is 7.54. The second kappa shape index (κ2) is 10.6. The lowest BCUT2D eigenvalue weighted by atomic mass is 10.1. The lowest BCUT2D eigenvalue weighted by Gasteiger charge is -2.29. The fourth-order valence-electron chi connectivity index (χ4n) is 4.37. The van der Waals surface area contributed by atoms with E-state index in [1.807, 2.05) is 18.2 Å². The van der Waals surface area contributed by atoms with Crippen molar-refractivity contribution in [1.82, 2.24) is 13.9 Å². The molecule has 7 nitrogen and oxygen atoms in total. The molecule has 0 radical (unpaired) electrons. The minimum absolute atomic E-state index is 0.278. The lowest BCUT2D eigenvalue weighted by Crippen LogP contribution is -2.33. The molecule has 0 amide bonds. The number of ketones is 1. The molecule has 0 aliphatic carbocycles. The number of carbonyl (C=O) groups excluding carboxylic acids is 1. The standard InChI is InChI=1S/C26H25Cl2N5O2S/c1-3-36-33-15-18(17-6-4-5-7-22(17)33)25-20(28)14-29-26(31-25)30-21-12-19(27)23(13-24(21)35-2)32-10-8-16(34)9-11-32/h4-7,12-15H,3,8-11H2,1-2H3,(H,29,30,31). The molecule has 1 N–H and O–H groups in total. The second-order valence-electron chi connectivity index (χ2n) is 8.35. The van der Waals surface area contributed by atoms with Gasteiger partial charge < -0.3 is 15.0 Å². The topological polar surface area (TPSA) is 72.3 Å². The highest BCUT2D eigenvalue weighted by Gasteiger charge is 2.21.